The van der Waals surface area contributed by atoms with Gasteiger partial charge in [-0.2, -0.15) is 0 Å². The van der Waals surface area contributed by atoms with Gasteiger partial charge in [0.25, 0.3) is 0 Å². The number of carbonyl (C=O) groups excluding carboxylic acids is 1. The number of thiophene rings is 1. The minimum Gasteiger partial charge on any atom is -0.288 e. The molecule has 0 N–H and O–H groups in total. The molecule has 0 saturated carbocycles. The molecule has 1 nitrogen and oxygen atoms in total. The van der Waals surface area contributed by atoms with Crippen molar-refractivity contribution in [3.8, 4) is 0 Å². The molecule has 0 atom stereocenters. The van der Waals surface area contributed by atoms with Gasteiger partial charge in [-0.3, -0.25) is 4.79 Å². The van der Waals surface area contributed by atoms with Gasteiger partial charge in [-0.05, 0) is 44.8 Å². The fourth-order valence-electron chi connectivity index (χ4n) is 1.39. The van der Waals surface area contributed by atoms with E-state index >= 15 is 0 Å². The van der Waals surface area contributed by atoms with Crippen molar-refractivity contribution in [3.05, 3.63) is 54.6 Å². The van der Waals surface area contributed by atoms with Crippen LogP contribution in [0, 0.1) is 6.92 Å². The summed E-state index contributed by atoms with van der Waals surface area (Å²) in [6, 6.07) is 7.63. The number of halogens is 2. The van der Waals surface area contributed by atoms with Crippen LogP contribution in [0.3, 0.4) is 0 Å². The Balaban J connectivity index is 2.43. The van der Waals surface area contributed by atoms with Gasteiger partial charge >= 0.3 is 0 Å². The van der Waals surface area contributed by atoms with Crippen LogP contribution < -0.4 is 0 Å². The summed E-state index contributed by atoms with van der Waals surface area (Å²) < 4.78 is 1.76. The van der Waals surface area contributed by atoms with Crippen LogP contribution in [0.2, 0.25) is 0 Å². The zero-order valence-electron chi connectivity index (χ0n) is 8.46. The maximum atomic E-state index is 12.2. The van der Waals surface area contributed by atoms with Gasteiger partial charge in [0.1, 0.15) is 0 Å². The Kier molecular flexibility index (Phi) is 3.62. The lowest BCUT2D eigenvalue weighted by Gasteiger charge is -2.00. The summed E-state index contributed by atoms with van der Waals surface area (Å²) in [7, 11) is 0. The molecule has 1 heterocycles. The molecule has 2 rings (SSSR count). The van der Waals surface area contributed by atoms with Gasteiger partial charge in [-0.1, -0.05) is 23.8 Å². The fraction of sp³-hybridized carbons (Fsp3) is 0.0833. The van der Waals surface area contributed by atoms with E-state index in [0.29, 0.717) is 0 Å². The first-order valence-electron chi connectivity index (χ1n) is 4.63. The lowest BCUT2D eigenvalue weighted by atomic mass is 10.1. The normalized spacial score (nSPS) is 10.4. The molecule has 0 aliphatic heterocycles. The highest BCUT2D eigenvalue weighted by molar-refractivity contribution is 9.13. The zero-order chi connectivity index (χ0) is 11.7. The van der Waals surface area contributed by atoms with Gasteiger partial charge in [0.05, 0.1) is 9.35 Å². The Labute approximate surface area is 115 Å². The second kappa shape index (κ2) is 4.82. The number of hydrogen-bond acceptors (Lipinski definition) is 2. The quantitative estimate of drug-likeness (QED) is 0.703. The third-order valence-corrected chi connectivity index (χ3v) is 5.70. The summed E-state index contributed by atoms with van der Waals surface area (Å²) in [6.07, 6.45) is 0. The molecule has 0 bridgehead atoms. The highest BCUT2D eigenvalue weighted by Crippen LogP contribution is 2.34. The van der Waals surface area contributed by atoms with Crippen LogP contribution in [0.5, 0.6) is 0 Å². The second-order valence-corrected chi connectivity index (χ2v) is 5.95. The molecule has 16 heavy (non-hydrogen) atoms. The molecule has 0 aliphatic carbocycles. The average molecular weight is 360 g/mol. The van der Waals surface area contributed by atoms with Crippen LogP contribution >= 0.6 is 43.2 Å². The molecule has 0 radical (unpaired) electrons. The van der Waals surface area contributed by atoms with Crippen molar-refractivity contribution in [1.29, 1.82) is 0 Å². The predicted octanol–water partition coefficient (Wildman–Crippen LogP) is 4.81. The summed E-state index contributed by atoms with van der Waals surface area (Å²) in [5, 5.41) is 1.91. The first-order valence-corrected chi connectivity index (χ1v) is 7.10. The molecule has 1 aromatic carbocycles. The Morgan fingerprint density at radius 2 is 2.06 bits per heavy atom. The maximum absolute atomic E-state index is 12.2. The number of carbonyl (C=O) groups is 1. The molecule has 0 amide bonds. The van der Waals surface area contributed by atoms with Crippen LogP contribution in [0.4, 0.5) is 0 Å². The molecule has 0 unspecified atom stereocenters. The van der Waals surface area contributed by atoms with E-state index in [1.807, 2.05) is 36.6 Å². The largest absolute Gasteiger partial charge is 0.288 e. The molecular formula is C12H8Br2OS. The van der Waals surface area contributed by atoms with Gasteiger partial charge in [-0.15, -0.1) is 11.3 Å². The van der Waals surface area contributed by atoms with Crippen molar-refractivity contribution in [2.75, 3.05) is 0 Å². The molecule has 0 spiro atoms. The highest BCUT2D eigenvalue weighted by atomic mass is 79.9. The lowest BCUT2D eigenvalue weighted by molar-refractivity contribution is 0.104. The molecule has 0 aliphatic rings. The number of hydrogen-bond donors (Lipinski definition) is 0. The van der Waals surface area contributed by atoms with Gasteiger partial charge in [0.15, 0.2) is 0 Å². The SMILES string of the molecule is Cc1cccc(C(=O)c2scc(Br)c2Br)c1. The average Bonchev–Trinajstić information content (AvgIpc) is 2.59. The minimum atomic E-state index is 0.0614. The summed E-state index contributed by atoms with van der Waals surface area (Å²) in [5.74, 6) is 0.0614. The van der Waals surface area contributed by atoms with Crippen molar-refractivity contribution in [3.63, 3.8) is 0 Å². The molecule has 82 valence electrons. The van der Waals surface area contributed by atoms with Crippen molar-refractivity contribution < 1.29 is 4.79 Å². The van der Waals surface area contributed by atoms with Gasteiger partial charge in [0.2, 0.25) is 5.78 Å². The zero-order valence-corrected chi connectivity index (χ0v) is 12.4. The monoisotopic (exact) mass is 358 g/mol. The topological polar surface area (TPSA) is 17.1 Å². The van der Waals surface area contributed by atoms with E-state index in [1.165, 1.54) is 11.3 Å². The smallest absolute Gasteiger partial charge is 0.204 e. The Morgan fingerprint density at radius 3 is 2.62 bits per heavy atom. The van der Waals surface area contributed by atoms with Gasteiger partial charge < -0.3 is 0 Å². The Hall–Kier alpha value is -0.450. The van der Waals surface area contributed by atoms with Crippen LogP contribution in [0.25, 0.3) is 0 Å². The Morgan fingerprint density at radius 1 is 1.31 bits per heavy atom. The van der Waals surface area contributed by atoms with E-state index < -0.39 is 0 Å². The standard InChI is InChI=1S/C12H8Br2OS/c1-7-3-2-4-8(5-7)11(15)12-10(14)9(13)6-16-12/h2-6H,1H3. The van der Waals surface area contributed by atoms with Crippen LogP contribution in [0.1, 0.15) is 20.8 Å². The lowest BCUT2D eigenvalue weighted by Crippen LogP contribution is -1.99. The molecular weight excluding hydrogens is 352 g/mol. The van der Waals surface area contributed by atoms with Crippen LogP contribution in [0.15, 0.2) is 38.6 Å². The van der Waals surface area contributed by atoms with Crippen molar-refractivity contribution in [1.82, 2.24) is 0 Å². The van der Waals surface area contributed by atoms with Crippen molar-refractivity contribution in [2.24, 2.45) is 0 Å². The van der Waals surface area contributed by atoms with Crippen LogP contribution in [-0.2, 0) is 0 Å². The predicted molar refractivity (Wildman–Crippen MR) is 74.3 cm³/mol. The molecule has 0 saturated heterocycles. The second-order valence-electron chi connectivity index (χ2n) is 3.43. The molecule has 0 fully saturated rings. The van der Waals surface area contributed by atoms with Gasteiger partial charge in [0, 0.05) is 15.4 Å². The molecule has 4 heteroatoms. The van der Waals surface area contributed by atoms with Crippen LogP contribution in [-0.4, -0.2) is 5.78 Å². The van der Waals surface area contributed by atoms with E-state index in [9.17, 15) is 4.79 Å². The molecule has 2 aromatic rings. The fourth-order valence-corrected chi connectivity index (χ4v) is 3.51. The van der Waals surface area contributed by atoms with Crippen molar-refractivity contribution >= 4 is 49.0 Å². The maximum Gasteiger partial charge on any atom is 0.204 e. The van der Waals surface area contributed by atoms with Gasteiger partial charge in [-0.25, -0.2) is 0 Å². The van der Waals surface area contributed by atoms with E-state index in [0.717, 1.165) is 24.9 Å². The third kappa shape index (κ3) is 2.29. The highest BCUT2D eigenvalue weighted by Gasteiger charge is 2.16. The van der Waals surface area contributed by atoms with E-state index in [4.69, 9.17) is 0 Å². The number of rotatable bonds is 2. The molecule has 1 aromatic heterocycles. The van der Waals surface area contributed by atoms with E-state index in [1.54, 1.807) is 0 Å². The Bertz CT molecular complexity index is 546. The summed E-state index contributed by atoms with van der Waals surface area (Å²) in [4.78, 5) is 12.9. The first kappa shape index (κ1) is 12.0. The third-order valence-electron chi connectivity index (χ3n) is 2.18. The number of benzene rings is 1. The van der Waals surface area contributed by atoms with Crippen molar-refractivity contribution in [2.45, 2.75) is 6.92 Å². The van der Waals surface area contributed by atoms with E-state index in [-0.39, 0.29) is 5.78 Å². The summed E-state index contributed by atoms with van der Waals surface area (Å²) in [6.45, 7) is 1.98. The summed E-state index contributed by atoms with van der Waals surface area (Å²) >= 11 is 8.23. The number of aryl methyl sites for hydroxylation is 1. The first-order chi connectivity index (χ1) is 7.59. The number of ketones is 1. The summed E-state index contributed by atoms with van der Waals surface area (Å²) in [5.41, 5.74) is 1.83. The minimum absolute atomic E-state index is 0.0614. The van der Waals surface area contributed by atoms with E-state index in [2.05, 4.69) is 31.9 Å².